The quantitative estimate of drug-likeness (QED) is 0.538. The number of hydrogen-bond donors (Lipinski definition) is 0. The number of esters is 2. The molecule has 0 aromatic rings. The van der Waals surface area contributed by atoms with E-state index >= 15 is 0 Å². The predicted molar refractivity (Wildman–Crippen MR) is 58.9 cm³/mol. The maximum Gasteiger partial charge on any atom is 0.330 e. The van der Waals surface area contributed by atoms with Crippen molar-refractivity contribution in [3.63, 3.8) is 0 Å². The lowest BCUT2D eigenvalue weighted by molar-refractivity contribution is -0.173. The minimum atomic E-state index is -0.388. The second kappa shape index (κ2) is 3.59. The van der Waals surface area contributed by atoms with Crippen molar-refractivity contribution < 1.29 is 19.1 Å². The monoisotopic (exact) mass is 236 g/mol. The first kappa shape index (κ1) is 10.8. The Labute approximate surface area is 100.0 Å². The lowest BCUT2D eigenvalue weighted by Crippen LogP contribution is -2.46. The summed E-state index contributed by atoms with van der Waals surface area (Å²) < 4.78 is 10.7. The molecule has 1 heterocycles. The van der Waals surface area contributed by atoms with Crippen LogP contribution in [0.25, 0.3) is 0 Å². The van der Waals surface area contributed by atoms with Crippen LogP contribution in [0, 0.1) is 17.8 Å². The Morgan fingerprint density at radius 2 is 2.41 bits per heavy atom. The van der Waals surface area contributed by atoms with Gasteiger partial charge in [-0.25, -0.2) is 4.79 Å². The summed E-state index contributed by atoms with van der Waals surface area (Å²) in [4.78, 5) is 22.8. The molecule has 3 aliphatic rings. The molecule has 17 heavy (non-hydrogen) atoms. The molecular weight excluding hydrogens is 220 g/mol. The molecule has 1 saturated heterocycles. The van der Waals surface area contributed by atoms with E-state index in [0.29, 0.717) is 24.9 Å². The van der Waals surface area contributed by atoms with E-state index in [1.54, 1.807) is 0 Å². The highest BCUT2D eigenvalue weighted by Crippen LogP contribution is 2.59. The highest BCUT2D eigenvalue weighted by molar-refractivity contribution is 5.81. The van der Waals surface area contributed by atoms with Crippen molar-refractivity contribution in [1.29, 1.82) is 0 Å². The molecule has 0 N–H and O–H groups in total. The van der Waals surface area contributed by atoms with Gasteiger partial charge in [-0.3, -0.25) is 4.79 Å². The van der Waals surface area contributed by atoms with Crippen LogP contribution in [0.1, 0.15) is 25.7 Å². The normalized spacial score (nSPS) is 42.8. The number of cyclic esters (lactones) is 1. The van der Waals surface area contributed by atoms with Crippen LogP contribution in [-0.2, 0) is 19.1 Å². The number of carbonyl (C=O) groups excluding carboxylic acids is 2. The Morgan fingerprint density at radius 1 is 1.59 bits per heavy atom. The average Bonchev–Trinajstić information content (AvgIpc) is 2.85. The van der Waals surface area contributed by atoms with Gasteiger partial charge in [0.2, 0.25) is 0 Å². The third kappa shape index (κ3) is 1.50. The standard InChI is InChI=1S/C13H16O4/c1-2-11(14)17-13-4-3-8(6-13)9-5-12(15)16-7-10(9)13/h2,8-10H,1,3-7H2. The van der Waals surface area contributed by atoms with Gasteiger partial charge in [0.1, 0.15) is 5.60 Å². The predicted octanol–water partition coefficient (Wildman–Crippen LogP) is 1.45. The van der Waals surface area contributed by atoms with E-state index in [2.05, 4.69) is 6.58 Å². The zero-order chi connectivity index (χ0) is 12.0. The smallest absolute Gasteiger partial charge is 0.330 e. The fourth-order valence-corrected chi connectivity index (χ4v) is 3.93. The molecule has 92 valence electrons. The molecule has 4 atom stereocenters. The van der Waals surface area contributed by atoms with Crippen molar-refractivity contribution in [2.75, 3.05) is 6.61 Å². The molecule has 0 radical (unpaired) electrons. The van der Waals surface area contributed by atoms with E-state index in [1.807, 2.05) is 0 Å². The fourth-order valence-electron chi connectivity index (χ4n) is 3.93. The average molecular weight is 236 g/mol. The summed E-state index contributed by atoms with van der Waals surface area (Å²) in [6, 6.07) is 0. The highest BCUT2D eigenvalue weighted by Gasteiger charge is 2.61. The molecule has 2 bridgehead atoms. The van der Waals surface area contributed by atoms with Crippen LogP contribution in [0.5, 0.6) is 0 Å². The first-order chi connectivity index (χ1) is 8.14. The molecule has 4 unspecified atom stereocenters. The van der Waals surface area contributed by atoms with Gasteiger partial charge >= 0.3 is 11.9 Å². The van der Waals surface area contributed by atoms with E-state index in [9.17, 15) is 9.59 Å². The molecule has 1 aliphatic heterocycles. The summed E-state index contributed by atoms with van der Waals surface area (Å²) in [7, 11) is 0. The summed E-state index contributed by atoms with van der Waals surface area (Å²) in [6.07, 6.45) is 4.54. The first-order valence-corrected chi connectivity index (χ1v) is 6.16. The van der Waals surface area contributed by atoms with Crippen molar-refractivity contribution >= 4 is 11.9 Å². The molecule has 2 aliphatic carbocycles. The molecule has 0 spiro atoms. The molecule has 0 aromatic carbocycles. The Bertz CT molecular complexity index is 389. The second-order valence-electron chi connectivity index (χ2n) is 5.35. The van der Waals surface area contributed by atoms with E-state index in [0.717, 1.165) is 19.3 Å². The van der Waals surface area contributed by atoms with Gasteiger partial charge < -0.3 is 9.47 Å². The number of carbonyl (C=O) groups is 2. The number of rotatable bonds is 2. The fraction of sp³-hybridized carbons (Fsp3) is 0.692. The van der Waals surface area contributed by atoms with Crippen molar-refractivity contribution in [3.05, 3.63) is 12.7 Å². The second-order valence-corrected chi connectivity index (χ2v) is 5.35. The number of fused-ring (bicyclic) bond motifs is 5. The molecule has 0 amide bonds. The molecule has 4 heteroatoms. The van der Waals surface area contributed by atoms with Crippen LogP contribution in [0.2, 0.25) is 0 Å². The van der Waals surface area contributed by atoms with Crippen molar-refractivity contribution in [2.45, 2.75) is 31.3 Å². The summed E-state index contributed by atoms with van der Waals surface area (Å²) in [5.41, 5.74) is -0.388. The largest absolute Gasteiger partial charge is 0.465 e. The van der Waals surface area contributed by atoms with Crippen molar-refractivity contribution in [1.82, 2.24) is 0 Å². The molecule has 3 rings (SSSR count). The minimum Gasteiger partial charge on any atom is -0.465 e. The Morgan fingerprint density at radius 3 is 3.18 bits per heavy atom. The molecule has 2 saturated carbocycles. The number of ether oxygens (including phenoxy) is 2. The SMILES string of the molecule is C=CC(=O)OC12CCC(C1)C1CC(=O)OCC12. The Kier molecular flexibility index (Phi) is 2.28. The van der Waals surface area contributed by atoms with Crippen LogP contribution < -0.4 is 0 Å². The van der Waals surface area contributed by atoms with Gasteiger partial charge in [0.25, 0.3) is 0 Å². The zero-order valence-electron chi connectivity index (χ0n) is 9.69. The molecule has 3 fully saturated rings. The molecule has 0 aromatic heterocycles. The summed E-state index contributed by atoms with van der Waals surface area (Å²) in [5.74, 6) is 0.600. The first-order valence-electron chi connectivity index (χ1n) is 6.16. The summed E-state index contributed by atoms with van der Waals surface area (Å²) in [6.45, 7) is 3.85. The van der Waals surface area contributed by atoms with Crippen molar-refractivity contribution in [2.24, 2.45) is 17.8 Å². The van der Waals surface area contributed by atoms with E-state index < -0.39 is 0 Å². The van der Waals surface area contributed by atoms with Crippen LogP contribution >= 0.6 is 0 Å². The summed E-state index contributed by atoms with van der Waals surface area (Å²) >= 11 is 0. The van der Waals surface area contributed by atoms with Crippen molar-refractivity contribution in [3.8, 4) is 0 Å². The van der Waals surface area contributed by atoms with Gasteiger partial charge in [0.15, 0.2) is 0 Å². The van der Waals surface area contributed by atoms with Gasteiger partial charge in [-0.2, -0.15) is 0 Å². The third-order valence-electron chi connectivity index (χ3n) is 4.64. The Balaban J connectivity index is 1.84. The Hall–Kier alpha value is -1.32. The van der Waals surface area contributed by atoms with Crippen LogP contribution in [-0.4, -0.2) is 24.1 Å². The van der Waals surface area contributed by atoms with Crippen LogP contribution in [0.4, 0.5) is 0 Å². The number of hydrogen-bond acceptors (Lipinski definition) is 4. The van der Waals surface area contributed by atoms with Gasteiger partial charge in [0.05, 0.1) is 6.61 Å². The van der Waals surface area contributed by atoms with Gasteiger partial charge in [-0.15, -0.1) is 0 Å². The minimum absolute atomic E-state index is 0.107. The maximum atomic E-state index is 11.4. The molecular formula is C13H16O4. The third-order valence-corrected chi connectivity index (χ3v) is 4.64. The van der Waals surface area contributed by atoms with Crippen LogP contribution in [0.3, 0.4) is 0 Å². The van der Waals surface area contributed by atoms with E-state index in [1.165, 1.54) is 6.08 Å². The maximum absolute atomic E-state index is 11.4. The van der Waals surface area contributed by atoms with Gasteiger partial charge in [0, 0.05) is 18.4 Å². The lowest BCUT2D eigenvalue weighted by Gasteiger charge is -2.40. The topological polar surface area (TPSA) is 52.6 Å². The molecule has 4 nitrogen and oxygen atoms in total. The van der Waals surface area contributed by atoms with E-state index in [-0.39, 0.29) is 23.5 Å². The van der Waals surface area contributed by atoms with Gasteiger partial charge in [-0.05, 0) is 31.1 Å². The summed E-state index contributed by atoms with van der Waals surface area (Å²) in [5, 5.41) is 0. The van der Waals surface area contributed by atoms with Gasteiger partial charge in [-0.1, -0.05) is 6.58 Å². The lowest BCUT2D eigenvalue weighted by atomic mass is 9.75. The van der Waals surface area contributed by atoms with Crippen LogP contribution in [0.15, 0.2) is 12.7 Å². The van der Waals surface area contributed by atoms with E-state index in [4.69, 9.17) is 9.47 Å². The highest BCUT2D eigenvalue weighted by atomic mass is 16.6. The zero-order valence-corrected chi connectivity index (χ0v) is 9.69.